The summed E-state index contributed by atoms with van der Waals surface area (Å²) in [4.78, 5) is 0. The molecule has 1 aliphatic rings. The zero-order chi connectivity index (χ0) is 11.0. The maximum atomic E-state index is 2.31. The Labute approximate surface area is 135 Å². The first-order valence-corrected chi connectivity index (χ1v) is 6.86. The van der Waals surface area contributed by atoms with Crippen molar-refractivity contribution in [3.63, 3.8) is 0 Å². The van der Waals surface area contributed by atoms with Crippen LogP contribution in [0.2, 0.25) is 0 Å². The fraction of sp³-hybridized carbons (Fsp3) is 0.0667. The Morgan fingerprint density at radius 1 is 0.833 bits per heavy atom. The van der Waals surface area contributed by atoms with E-state index in [1.807, 2.05) is 0 Å². The molecule has 3 heteroatoms. The van der Waals surface area contributed by atoms with E-state index in [0.717, 1.165) is 0 Å². The Hall–Kier alpha value is -0.357. The molecule has 0 aromatic heterocycles. The monoisotopic (exact) mass is 353 g/mol. The summed E-state index contributed by atoms with van der Waals surface area (Å²) in [7, 11) is 0. The Balaban J connectivity index is 0.000000810. The van der Waals surface area contributed by atoms with Gasteiger partial charge in [-0.15, -0.1) is 24.8 Å². The molecule has 1 atom stereocenters. The molecule has 0 saturated heterocycles. The van der Waals surface area contributed by atoms with Crippen LogP contribution in [0, 0.1) is 0 Å². The summed E-state index contributed by atoms with van der Waals surface area (Å²) in [5.74, 6) is 0. The van der Waals surface area contributed by atoms with Crippen molar-refractivity contribution in [1.82, 2.24) is 0 Å². The van der Waals surface area contributed by atoms with E-state index in [4.69, 9.17) is 0 Å². The Kier molecular flexibility index (Phi) is 5.85. The third-order valence-corrected chi connectivity index (χ3v) is 4.25. The minimum atomic E-state index is 0. The first kappa shape index (κ1) is 15.7. The Morgan fingerprint density at radius 3 is 2.28 bits per heavy atom. The second-order valence-corrected chi connectivity index (χ2v) is 5.54. The average molecular weight is 355 g/mol. The van der Waals surface area contributed by atoms with Crippen LogP contribution in [0.15, 0.2) is 54.6 Å². The molecule has 1 unspecified atom stereocenters. The summed E-state index contributed by atoms with van der Waals surface area (Å²) in [6, 6.07) is 17.3. The first-order valence-electron chi connectivity index (χ1n) is 5.44. The van der Waals surface area contributed by atoms with Crippen molar-refractivity contribution < 1.29 is 24.7 Å². The van der Waals surface area contributed by atoms with Crippen molar-refractivity contribution in [2.75, 3.05) is 0 Å². The number of hydrogen-bond acceptors (Lipinski definition) is 0. The fourth-order valence-corrected chi connectivity index (χ4v) is 3.06. The molecule has 18 heavy (non-hydrogen) atoms. The van der Waals surface area contributed by atoms with Gasteiger partial charge in [-0.3, -0.25) is 0 Å². The van der Waals surface area contributed by atoms with Crippen molar-refractivity contribution in [3.8, 4) is 11.1 Å². The van der Waals surface area contributed by atoms with E-state index in [1.54, 1.807) is 24.7 Å². The number of rotatable bonds is 1. The van der Waals surface area contributed by atoms with E-state index >= 15 is 0 Å². The summed E-state index contributed by atoms with van der Waals surface area (Å²) in [6.45, 7) is 0. The number of allylic oxidation sites excluding steroid dienone is 1. The molecule has 0 bridgehead atoms. The molecule has 2 aromatic rings. The van der Waals surface area contributed by atoms with E-state index in [0.29, 0.717) is 3.63 Å². The number of benzene rings is 2. The molecule has 3 rings (SSSR count). The zero-order valence-corrected chi connectivity index (χ0v) is 13.8. The summed E-state index contributed by atoms with van der Waals surface area (Å²) >= 11 is 1.57. The van der Waals surface area contributed by atoms with Gasteiger partial charge in [0.1, 0.15) is 0 Å². The van der Waals surface area contributed by atoms with Crippen LogP contribution >= 0.6 is 24.8 Å². The number of fused-ring (bicyclic) bond motifs is 1. The van der Waals surface area contributed by atoms with Crippen LogP contribution in [0.3, 0.4) is 0 Å². The van der Waals surface area contributed by atoms with E-state index < -0.39 is 0 Å². The van der Waals surface area contributed by atoms with Gasteiger partial charge in [-0.25, -0.2) is 0 Å². The standard InChI is InChI=1S/C15H11.2ClH.Zr/c1-2-6-12(7-3-1)14-10-4-8-13-9-5-11-15(13)14;;;/h1-11H;2*1H;. The minimum absolute atomic E-state index is 0. The molecular weight excluding hydrogens is 342 g/mol. The molecule has 91 valence electrons. The normalized spacial score (nSPS) is 15.4. The summed E-state index contributed by atoms with van der Waals surface area (Å²) < 4.78 is 0.644. The molecule has 0 saturated carbocycles. The van der Waals surface area contributed by atoms with Crippen LogP contribution in [0.25, 0.3) is 17.2 Å². The van der Waals surface area contributed by atoms with Crippen LogP contribution in [-0.4, -0.2) is 0 Å². The van der Waals surface area contributed by atoms with Crippen molar-refractivity contribution in [2.24, 2.45) is 0 Å². The third-order valence-electron chi connectivity index (χ3n) is 3.02. The molecule has 2 aromatic carbocycles. The second kappa shape index (κ2) is 6.71. The van der Waals surface area contributed by atoms with Gasteiger partial charge < -0.3 is 0 Å². The summed E-state index contributed by atoms with van der Waals surface area (Å²) in [6.07, 6.45) is 4.59. The van der Waals surface area contributed by atoms with Gasteiger partial charge in [-0.1, -0.05) is 0 Å². The molecule has 0 aliphatic heterocycles. The quantitative estimate of drug-likeness (QED) is 0.689. The van der Waals surface area contributed by atoms with Gasteiger partial charge in [0, 0.05) is 0 Å². The Morgan fingerprint density at radius 2 is 1.56 bits per heavy atom. The maximum absolute atomic E-state index is 2.31. The molecular formula is C15H13Cl2Zr. The van der Waals surface area contributed by atoms with Gasteiger partial charge in [-0.2, -0.15) is 0 Å². The predicted octanol–water partition coefficient (Wildman–Crippen LogP) is 4.81. The van der Waals surface area contributed by atoms with E-state index in [1.165, 1.54) is 22.3 Å². The molecule has 0 fully saturated rings. The summed E-state index contributed by atoms with van der Waals surface area (Å²) in [5, 5.41) is 0. The molecule has 0 spiro atoms. The molecule has 0 heterocycles. The average Bonchev–Trinajstić information content (AvgIpc) is 2.73. The van der Waals surface area contributed by atoms with Crippen molar-refractivity contribution in [1.29, 1.82) is 0 Å². The Bertz CT molecular complexity index is 550. The zero-order valence-electron chi connectivity index (χ0n) is 9.67. The summed E-state index contributed by atoms with van der Waals surface area (Å²) in [5.41, 5.74) is 5.57. The fourth-order valence-electron chi connectivity index (χ4n) is 2.21. The molecule has 1 aliphatic carbocycles. The molecule has 0 radical (unpaired) electrons. The van der Waals surface area contributed by atoms with Crippen LogP contribution in [-0.2, 0) is 24.7 Å². The van der Waals surface area contributed by atoms with Crippen molar-refractivity contribution in [3.05, 3.63) is 65.7 Å². The van der Waals surface area contributed by atoms with Gasteiger partial charge in [0.2, 0.25) is 0 Å². The topological polar surface area (TPSA) is 0 Å². The van der Waals surface area contributed by atoms with Crippen LogP contribution in [0.1, 0.15) is 14.8 Å². The van der Waals surface area contributed by atoms with Gasteiger partial charge in [0.15, 0.2) is 0 Å². The van der Waals surface area contributed by atoms with E-state index in [-0.39, 0.29) is 24.8 Å². The van der Waals surface area contributed by atoms with Gasteiger partial charge in [0.05, 0.1) is 0 Å². The van der Waals surface area contributed by atoms with Crippen molar-refractivity contribution in [2.45, 2.75) is 3.63 Å². The van der Waals surface area contributed by atoms with Crippen molar-refractivity contribution >= 4 is 30.9 Å². The van der Waals surface area contributed by atoms with E-state index in [9.17, 15) is 0 Å². The van der Waals surface area contributed by atoms with Crippen LogP contribution in [0.5, 0.6) is 0 Å². The second-order valence-electron chi connectivity index (χ2n) is 4.01. The number of hydrogen-bond donors (Lipinski definition) is 0. The molecule has 0 N–H and O–H groups in total. The van der Waals surface area contributed by atoms with Gasteiger partial charge in [0.25, 0.3) is 0 Å². The predicted molar refractivity (Wildman–Crippen MR) is 78.1 cm³/mol. The van der Waals surface area contributed by atoms with Gasteiger partial charge in [-0.05, 0) is 0 Å². The first-order chi connectivity index (χ1) is 7.86. The molecule has 0 amide bonds. The van der Waals surface area contributed by atoms with E-state index in [2.05, 4.69) is 60.7 Å². The third kappa shape index (κ3) is 2.79. The molecule has 0 nitrogen and oxygen atoms in total. The SMILES string of the molecule is Cl.Cl.[Zr][CH]1C=Cc2c(-c3ccccc3)cccc21. The number of halogens is 2. The van der Waals surface area contributed by atoms with Crippen LogP contribution in [0.4, 0.5) is 0 Å². The van der Waals surface area contributed by atoms with Crippen LogP contribution < -0.4 is 0 Å². The van der Waals surface area contributed by atoms with Gasteiger partial charge >= 0.3 is 111 Å².